The van der Waals surface area contributed by atoms with Gasteiger partial charge in [0.1, 0.15) is 11.6 Å². The van der Waals surface area contributed by atoms with Crippen molar-refractivity contribution < 1.29 is 9.47 Å². The lowest BCUT2D eigenvalue weighted by molar-refractivity contribution is 0.0233. The first-order valence-corrected chi connectivity index (χ1v) is 20.0. The van der Waals surface area contributed by atoms with Crippen molar-refractivity contribution in [2.75, 3.05) is 76.3 Å². The molecule has 0 bridgehead atoms. The van der Waals surface area contributed by atoms with Crippen molar-refractivity contribution in [3.05, 3.63) is 59.1 Å². The Morgan fingerprint density at radius 2 is 1.74 bits per heavy atom. The molecule has 264 valence electrons. The Morgan fingerprint density at radius 3 is 2.42 bits per heavy atom. The number of ether oxygens (including phenoxy) is 2. The van der Waals surface area contributed by atoms with E-state index in [2.05, 4.69) is 76.0 Å². The van der Waals surface area contributed by atoms with Crippen LogP contribution in [0.25, 0.3) is 16.6 Å². The van der Waals surface area contributed by atoms with Crippen molar-refractivity contribution in [3.8, 4) is 5.75 Å². The van der Waals surface area contributed by atoms with Crippen LogP contribution in [0.2, 0.25) is 0 Å². The molecule has 2 aliphatic rings. The lowest BCUT2D eigenvalue weighted by Crippen LogP contribution is -2.48. The number of piperidine rings is 2. The van der Waals surface area contributed by atoms with E-state index < -0.39 is 7.92 Å². The molecule has 0 unspecified atom stereocenters. The third-order valence-corrected chi connectivity index (χ3v) is 11.4. The van der Waals surface area contributed by atoms with Gasteiger partial charge in [0.2, 0.25) is 5.95 Å². The summed E-state index contributed by atoms with van der Waals surface area (Å²) in [5, 5.41) is 19.5. The molecule has 2 aromatic carbocycles. The Bertz CT molecular complexity index is 1840. The zero-order valence-electron chi connectivity index (χ0n) is 29.3. The zero-order valence-corrected chi connectivity index (χ0v) is 31.8. The van der Waals surface area contributed by atoms with Crippen LogP contribution in [0.15, 0.2) is 53.5 Å². The number of hydrogen-bond donors (Lipinski definition) is 4. The second kappa shape index (κ2) is 16.4. The van der Waals surface area contributed by atoms with Crippen LogP contribution in [0.1, 0.15) is 31.2 Å². The molecule has 2 fully saturated rings. The van der Waals surface area contributed by atoms with E-state index in [4.69, 9.17) is 19.9 Å². The first-order valence-electron chi connectivity index (χ1n) is 16.9. The molecule has 0 spiro atoms. The molecule has 4 aromatic rings. The highest BCUT2D eigenvalue weighted by Gasteiger charge is 2.30. The Balaban J connectivity index is 1.27. The number of benzene rings is 2. The minimum Gasteiger partial charge on any atom is -0.494 e. The number of likely N-dealkylation sites (tertiary alicyclic amines) is 1. The molecular formula is C36H46BrN10O2P. The van der Waals surface area contributed by atoms with Crippen LogP contribution in [0, 0.1) is 5.41 Å². The van der Waals surface area contributed by atoms with Crippen molar-refractivity contribution in [3.63, 3.8) is 0 Å². The molecule has 0 aliphatic carbocycles. The van der Waals surface area contributed by atoms with Gasteiger partial charge in [-0.05, 0) is 73.1 Å². The lowest BCUT2D eigenvalue weighted by Gasteiger charge is -2.42. The van der Waals surface area contributed by atoms with Gasteiger partial charge in [0, 0.05) is 111 Å². The van der Waals surface area contributed by atoms with Crippen LogP contribution in [-0.4, -0.2) is 104 Å². The van der Waals surface area contributed by atoms with Crippen LogP contribution in [0.4, 0.5) is 28.8 Å². The van der Waals surface area contributed by atoms with Gasteiger partial charge >= 0.3 is 0 Å². The van der Waals surface area contributed by atoms with Crippen molar-refractivity contribution in [1.82, 2.24) is 30.2 Å². The Kier molecular flexibility index (Phi) is 11.8. The lowest BCUT2D eigenvalue weighted by atomic mass is 9.96. The molecule has 0 saturated carbocycles. The number of rotatable bonds is 12. The molecular weight excluding hydrogens is 715 g/mol. The van der Waals surface area contributed by atoms with Crippen LogP contribution >= 0.6 is 23.9 Å². The summed E-state index contributed by atoms with van der Waals surface area (Å²) in [5.41, 5.74) is 6.11. The first kappa shape index (κ1) is 35.9. The number of anilines is 5. The largest absolute Gasteiger partial charge is 0.494 e. The van der Waals surface area contributed by atoms with E-state index >= 15 is 0 Å². The van der Waals surface area contributed by atoms with E-state index in [-0.39, 0.29) is 0 Å². The second-order valence-electron chi connectivity index (χ2n) is 12.7. The summed E-state index contributed by atoms with van der Waals surface area (Å²) < 4.78 is 12.3. The maximum absolute atomic E-state index is 8.29. The molecule has 4 N–H and O–H groups in total. The average molecular weight is 762 g/mol. The fourth-order valence-electron chi connectivity index (χ4n) is 6.97. The maximum atomic E-state index is 8.29. The van der Waals surface area contributed by atoms with Crippen molar-refractivity contribution in [1.29, 1.82) is 5.41 Å². The minimum absolute atomic E-state index is 0.385. The molecule has 14 heteroatoms. The van der Waals surface area contributed by atoms with Gasteiger partial charge < -0.3 is 40.6 Å². The van der Waals surface area contributed by atoms with Gasteiger partial charge in [-0.2, -0.15) is 4.98 Å². The number of nitrogens with zero attached hydrogens (tertiary/aromatic N) is 6. The summed E-state index contributed by atoms with van der Waals surface area (Å²) in [4.78, 5) is 23.7. The van der Waals surface area contributed by atoms with E-state index in [1.807, 2.05) is 38.6 Å². The zero-order chi connectivity index (χ0) is 35.2. The summed E-state index contributed by atoms with van der Waals surface area (Å²) in [5.74, 6) is 1.68. The molecule has 50 heavy (non-hydrogen) atoms. The summed E-state index contributed by atoms with van der Waals surface area (Å²) in [7, 11) is 4.84. The highest BCUT2D eigenvalue weighted by molar-refractivity contribution is 9.10. The van der Waals surface area contributed by atoms with Gasteiger partial charge in [-0.3, -0.25) is 9.97 Å². The van der Waals surface area contributed by atoms with Gasteiger partial charge in [0.15, 0.2) is 0 Å². The number of hydrogen-bond acceptors (Lipinski definition) is 12. The van der Waals surface area contributed by atoms with E-state index in [0.29, 0.717) is 35.3 Å². The third-order valence-electron chi connectivity index (χ3n) is 9.52. The average Bonchev–Trinajstić information content (AvgIpc) is 3.15. The number of allylic oxidation sites excluding steroid dienone is 1. The number of halogens is 1. The molecule has 0 radical (unpaired) electrons. The van der Waals surface area contributed by atoms with Crippen molar-refractivity contribution in [2.45, 2.75) is 37.8 Å². The number of methoxy groups -OCH3 is 2. The first-order chi connectivity index (χ1) is 24.3. The van der Waals surface area contributed by atoms with Gasteiger partial charge in [-0.15, -0.1) is 0 Å². The fraction of sp³-hybridized carbons (Fsp3) is 0.417. The SMILES string of the molecule is CN/C=C(\C=N)c1cc(Nc2ncc(Br)c(Nc3ccc4nccnc4c3P(C)C)n2)c(OC)cc1N1CCC(N2CCC(OC)CC2)CC1. The minimum atomic E-state index is -0.504. The van der Waals surface area contributed by atoms with E-state index in [1.54, 1.807) is 25.7 Å². The Hall–Kier alpha value is -3.90. The molecule has 0 amide bonds. The highest BCUT2D eigenvalue weighted by Crippen LogP contribution is 2.40. The standard InChI is InChI=1S/C36H46BrN10O2P/c1-39-21-23(20-38)26-18-30(32(49-3)19-31(26)47-14-8-24(9-15-47)46-16-10-25(48-2)11-17-46)44-36-42-22-27(37)35(45-36)43-29-7-6-28-33(34(29)50(4)5)41-13-12-40-28/h6-7,12-13,18-22,24-25,38-39H,8-11,14-17H2,1-5H3,(H2,42,43,44,45)/b23-21+,38-20?. The Labute approximate surface area is 303 Å². The third kappa shape index (κ3) is 7.86. The van der Waals surface area contributed by atoms with E-state index in [1.165, 1.54) is 6.21 Å². The molecule has 6 rings (SSSR count). The predicted molar refractivity (Wildman–Crippen MR) is 210 cm³/mol. The van der Waals surface area contributed by atoms with Gasteiger partial charge in [0.05, 0.1) is 34.4 Å². The fourth-order valence-corrected chi connectivity index (χ4v) is 8.47. The Morgan fingerprint density at radius 1 is 0.980 bits per heavy atom. The van der Waals surface area contributed by atoms with Crippen LogP contribution in [0.3, 0.4) is 0 Å². The van der Waals surface area contributed by atoms with Crippen molar-refractivity contribution in [2.24, 2.45) is 0 Å². The molecule has 2 aliphatic heterocycles. The molecule has 2 saturated heterocycles. The maximum Gasteiger partial charge on any atom is 0.229 e. The summed E-state index contributed by atoms with van der Waals surface area (Å²) in [6, 6.07) is 8.68. The number of nitrogens with one attached hydrogen (secondary N) is 4. The number of fused-ring (bicyclic) bond motifs is 1. The summed E-state index contributed by atoms with van der Waals surface area (Å²) in [6.07, 6.45) is 13.2. The smallest absolute Gasteiger partial charge is 0.229 e. The summed E-state index contributed by atoms with van der Waals surface area (Å²) >= 11 is 3.64. The molecule has 2 aromatic heterocycles. The van der Waals surface area contributed by atoms with Gasteiger partial charge in [-0.25, -0.2) is 4.98 Å². The van der Waals surface area contributed by atoms with Crippen molar-refractivity contribution >= 4 is 80.8 Å². The molecule has 0 atom stereocenters. The number of aromatic nitrogens is 4. The second-order valence-corrected chi connectivity index (χ2v) is 15.8. The van der Waals surface area contributed by atoms with E-state index in [9.17, 15) is 0 Å². The van der Waals surface area contributed by atoms with Crippen LogP contribution in [0.5, 0.6) is 5.75 Å². The van der Waals surface area contributed by atoms with Crippen LogP contribution in [-0.2, 0) is 4.74 Å². The molecule has 12 nitrogen and oxygen atoms in total. The monoisotopic (exact) mass is 760 g/mol. The van der Waals surface area contributed by atoms with Gasteiger partial charge in [-0.1, -0.05) is 7.92 Å². The normalized spacial score (nSPS) is 16.5. The molecule has 4 heterocycles. The summed E-state index contributed by atoms with van der Waals surface area (Å²) in [6.45, 7) is 8.45. The highest BCUT2D eigenvalue weighted by atomic mass is 79.9. The van der Waals surface area contributed by atoms with E-state index in [0.717, 1.165) is 95.2 Å². The topological polar surface area (TPSA) is 136 Å². The quantitative estimate of drug-likeness (QED) is 0.0953. The van der Waals surface area contributed by atoms with Gasteiger partial charge in [0.25, 0.3) is 0 Å². The predicted octanol–water partition coefficient (Wildman–Crippen LogP) is 6.33. The van der Waals surface area contributed by atoms with Crippen LogP contribution < -0.4 is 30.9 Å².